The highest BCUT2D eigenvalue weighted by atomic mass is 32.2. The van der Waals surface area contributed by atoms with Crippen molar-refractivity contribution < 1.29 is 13.2 Å². The van der Waals surface area contributed by atoms with Crippen LogP contribution in [0.3, 0.4) is 0 Å². The molecule has 6 nitrogen and oxygen atoms in total. The molecule has 2 N–H and O–H groups in total. The van der Waals surface area contributed by atoms with Gasteiger partial charge < -0.3 is 5.32 Å². The highest BCUT2D eigenvalue weighted by Crippen LogP contribution is 2.27. The number of carbonyl (C=O) groups excluding carboxylic acids is 1. The number of benzene rings is 3. The Morgan fingerprint density at radius 3 is 2.38 bits per heavy atom. The number of nitrogens with zero attached hydrogens (tertiary/aromatic N) is 1. The first kappa shape index (κ1) is 22.1. The Morgan fingerprint density at radius 2 is 1.66 bits per heavy atom. The number of sulfonamides is 1. The maximum Gasteiger partial charge on any atom is 0.263 e. The number of hydrogen-bond acceptors (Lipinski definition) is 6. The molecule has 0 saturated heterocycles. The van der Waals surface area contributed by atoms with Crippen LogP contribution in [0.2, 0.25) is 0 Å². The number of nitrogens with one attached hydrogen (secondary N) is 2. The summed E-state index contributed by atoms with van der Waals surface area (Å²) >= 11 is 2.79. The van der Waals surface area contributed by atoms with Gasteiger partial charge >= 0.3 is 0 Å². The lowest BCUT2D eigenvalue weighted by Gasteiger charge is -2.11. The van der Waals surface area contributed by atoms with Crippen LogP contribution in [0.25, 0.3) is 0 Å². The van der Waals surface area contributed by atoms with E-state index in [1.807, 2.05) is 36.4 Å². The lowest BCUT2D eigenvalue weighted by atomic mass is 10.2. The molecule has 0 radical (unpaired) electrons. The van der Waals surface area contributed by atoms with Crippen LogP contribution in [0.5, 0.6) is 0 Å². The van der Waals surface area contributed by atoms with Crippen molar-refractivity contribution in [3.63, 3.8) is 0 Å². The third kappa shape index (κ3) is 5.56. The number of thioether (sulfide) groups is 1. The first-order valence-corrected chi connectivity index (χ1v) is 13.0. The third-order valence-electron chi connectivity index (χ3n) is 4.45. The van der Waals surface area contributed by atoms with Crippen molar-refractivity contribution in [2.75, 3.05) is 10.0 Å². The number of aromatic nitrogens is 1. The maximum atomic E-state index is 12.9. The Kier molecular flexibility index (Phi) is 6.89. The van der Waals surface area contributed by atoms with Gasteiger partial charge in [0.1, 0.15) is 0 Å². The van der Waals surface area contributed by atoms with Crippen LogP contribution in [0.15, 0.2) is 100 Å². The van der Waals surface area contributed by atoms with E-state index in [4.69, 9.17) is 0 Å². The van der Waals surface area contributed by atoms with Crippen molar-refractivity contribution in [1.29, 1.82) is 0 Å². The summed E-state index contributed by atoms with van der Waals surface area (Å²) in [6, 6.07) is 23.5. The molecule has 0 aliphatic heterocycles. The molecule has 32 heavy (non-hydrogen) atoms. The number of carbonyl (C=O) groups is 1. The van der Waals surface area contributed by atoms with Gasteiger partial charge in [0.15, 0.2) is 5.13 Å². The van der Waals surface area contributed by atoms with Crippen molar-refractivity contribution in [3.8, 4) is 0 Å². The highest BCUT2D eigenvalue weighted by molar-refractivity contribution is 7.98. The second-order valence-electron chi connectivity index (χ2n) is 6.69. The Bertz CT molecular complexity index is 1290. The van der Waals surface area contributed by atoms with Gasteiger partial charge in [-0.3, -0.25) is 9.52 Å². The van der Waals surface area contributed by atoms with E-state index in [2.05, 4.69) is 27.2 Å². The van der Waals surface area contributed by atoms with Crippen molar-refractivity contribution in [1.82, 2.24) is 4.98 Å². The molecule has 4 rings (SSSR count). The molecule has 0 aliphatic carbocycles. The molecular weight excluding hydrogens is 462 g/mol. The molecule has 0 atom stereocenters. The SMILES string of the molecule is O=C(Nc1ccc(S(=O)(=O)Nc2nccs2)cc1)c1ccccc1SCc1ccccc1. The quantitative estimate of drug-likeness (QED) is 0.325. The van der Waals surface area contributed by atoms with Crippen LogP contribution >= 0.6 is 23.1 Å². The van der Waals surface area contributed by atoms with E-state index < -0.39 is 10.0 Å². The summed E-state index contributed by atoms with van der Waals surface area (Å²) in [7, 11) is -3.74. The Balaban J connectivity index is 1.44. The number of anilines is 2. The lowest BCUT2D eigenvalue weighted by molar-refractivity contribution is 0.102. The van der Waals surface area contributed by atoms with Gasteiger partial charge in [-0.2, -0.15) is 0 Å². The number of thiazole rings is 1. The van der Waals surface area contributed by atoms with Crippen LogP contribution in [-0.4, -0.2) is 19.3 Å². The predicted octanol–water partition coefficient (Wildman–Crippen LogP) is 5.49. The van der Waals surface area contributed by atoms with Gasteiger partial charge in [-0.05, 0) is 42.0 Å². The molecular formula is C23H19N3O3S3. The molecule has 4 aromatic rings. The second-order valence-corrected chi connectivity index (χ2v) is 10.3. The largest absolute Gasteiger partial charge is 0.322 e. The molecule has 0 spiro atoms. The van der Waals surface area contributed by atoms with Crippen molar-refractivity contribution in [2.45, 2.75) is 15.5 Å². The fraction of sp³-hybridized carbons (Fsp3) is 0.0435. The van der Waals surface area contributed by atoms with E-state index in [0.717, 1.165) is 10.6 Å². The fourth-order valence-corrected chi connectivity index (χ4v) is 5.67. The Morgan fingerprint density at radius 1 is 0.938 bits per heavy atom. The van der Waals surface area contributed by atoms with Crippen molar-refractivity contribution in [2.24, 2.45) is 0 Å². The second kappa shape index (κ2) is 9.99. The minimum Gasteiger partial charge on any atom is -0.322 e. The van der Waals surface area contributed by atoms with E-state index in [1.54, 1.807) is 35.3 Å². The number of hydrogen-bond donors (Lipinski definition) is 2. The summed E-state index contributed by atoms with van der Waals surface area (Å²) in [6.45, 7) is 0. The third-order valence-corrected chi connectivity index (χ3v) is 7.76. The van der Waals surface area contributed by atoms with E-state index in [1.165, 1.54) is 35.2 Å². The van der Waals surface area contributed by atoms with E-state index in [-0.39, 0.29) is 10.8 Å². The van der Waals surface area contributed by atoms with Gasteiger partial charge in [-0.25, -0.2) is 13.4 Å². The van der Waals surface area contributed by atoms with Gasteiger partial charge in [0.05, 0.1) is 10.5 Å². The standard InChI is InChI=1S/C23H19N3O3S3/c27-22(20-8-4-5-9-21(20)31-16-17-6-2-1-3-7-17)25-18-10-12-19(13-11-18)32(28,29)26-23-24-14-15-30-23/h1-15H,16H2,(H,24,26)(H,25,27). The molecule has 1 heterocycles. The Hall–Kier alpha value is -3.14. The Labute approximate surface area is 194 Å². The summed E-state index contributed by atoms with van der Waals surface area (Å²) in [5, 5.41) is 4.83. The highest BCUT2D eigenvalue weighted by Gasteiger charge is 2.16. The van der Waals surface area contributed by atoms with Crippen LogP contribution in [0.4, 0.5) is 10.8 Å². The molecule has 0 fully saturated rings. The summed E-state index contributed by atoms with van der Waals surface area (Å²) in [4.78, 5) is 17.8. The molecule has 1 aromatic heterocycles. The van der Waals surface area contributed by atoms with Gasteiger partial charge in [0.25, 0.3) is 15.9 Å². The first-order valence-electron chi connectivity index (χ1n) is 9.61. The molecule has 0 aliphatic rings. The van der Waals surface area contributed by atoms with Gasteiger partial charge in [-0.15, -0.1) is 23.1 Å². The summed E-state index contributed by atoms with van der Waals surface area (Å²) < 4.78 is 27.3. The maximum absolute atomic E-state index is 12.9. The fourth-order valence-electron chi connectivity index (χ4n) is 2.88. The smallest absolute Gasteiger partial charge is 0.263 e. The average Bonchev–Trinajstić information content (AvgIpc) is 3.31. The normalized spacial score (nSPS) is 11.1. The zero-order chi connectivity index (χ0) is 22.4. The molecule has 1 amide bonds. The van der Waals surface area contributed by atoms with E-state index >= 15 is 0 Å². The zero-order valence-electron chi connectivity index (χ0n) is 16.8. The molecule has 0 unspecified atom stereocenters. The summed E-state index contributed by atoms with van der Waals surface area (Å²) in [6.07, 6.45) is 1.52. The van der Waals surface area contributed by atoms with Crippen LogP contribution in [-0.2, 0) is 15.8 Å². The molecule has 3 aromatic carbocycles. The minimum absolute atomic E-state index is 0.0875. The summed E-state index contributed by atoms with van der Waals surface area (Å²) in [5.74, 6) is 0.502. The predicted molar refractivity (Wildman–Crippen MR) is 130 cm³/mol. The van der Waals surface area contributed by atoms with Gasteiger partial charge in [-0.1, -0.05) is 42.5 Å². The molecule has 0 bridgehead atoms. The van der Waals surface area contributed by atoms with Crippen molar-refractivity contribution >= 4 is 49.8 Å². The minimum atomic E-state index is -3.74. The average molecular weight is 482 g/mol. The molecule has 0 saturated carbocycles. The number of amides is 1. The van der Waals surface area contributed by atoms with E-state index in [9.17, 15) is 13.2 Å². The van der Waals surface area contributed by atoms with Crippen LogP contribution in [0.1, 0.15) is 15.9 Å². The van der Waals surface area contributed by atoms with Crippen molar-refractivity contribution in [3.05, 3.63) is 102 Å². The monoisotopic (exact) mass is 481 g/mol. The lowest BCUT2D eigenvalue weighted by Crippen LogP contribution is -2.14. The van der Waals surface area contributed by atoms with Gasteiger partial charge in [0.2, 0.25) is 0 Å². The topological polar surface area (TPSA) is 88.2 Å². The zero-order valence-corrected chi connectivity index (χ0v) is 19.2. The molecule has 9 heteroatoms. The first-order chi connectivity index (χ1) is 15.5. The van der Waals surface area contributed by atoms with Gasteiger partial charge in [0, 0.05) is 27.9 Å². The van der Waals surface area contributed by atoms with Crippen LogP contribution < -0.4 is 10.0 Å². The molecule has 162 valence electrons. The number of rotatable bonds is 8. The van der Waals surface area contributed by atoms with Crippen LogP contribution in [0, 0.1) is 0 Å². The van der Waals surface area contributed by atoms with E-state index in [0.29, 0.717) is 16.4 Å². The summed E-state index contributed by atoms with van der Waals surface area (Å²) in [5.41, 5.74) is 2.25.